The van der Waals surface area contributed by atoms with Crippen molar-refractivity contribution < 1.29 is 31.9 Å². The molecule has 0 aliphatic carbocycles. The van der Waals surface area contributed by atoms with Gasteiger partial charge in [0.15, 0.2) is 5.76 Å². The quantitative estimate of drug-likeness (QED) is 0.492. The maximum atomic E-state index is 13.6. The highest BCUT2D eigenvalue weighted by Gasteiger charge is 2.40. The highest BCUT2D eigenvalue weighted by molar-refractivity contribution is 6.04. The maximum Gasteiger partial charge on any atom is 0.416 e. The van der Waals surface area contributed by atoms with Gasteiger partial charge in [-0.15, -0.1) is 0 Å². The summed E-state index contributed by atoms with van der Waals surface area (Å²) in [6, 6.07) is 6.73. The number of alkyl halides is 3. The molecule has 3 saturated heterocycles. The van der Waals surface area contributed by atoms with Gasteiger partial charge in [0.2, 0.25) is 5.91 Å². The molecule has 0 atom stereocenters. The van der Waals surface area contributed by atoms with Gasteiger partial charge in [-0.25, -0.2) is 0 Å². The van der Waals surface area contributed by atoms with Crippen molar-refractivity contribution in [3.05, 3.63) is 47.4 Å². The Morgan fingerprint density at radius 2 is 1.67 bits per heavy atom. The summed E-state index contributed by atoms with van der Waals surface area (Å²) in [6.07, 6.45) is 1.39. The molecule has 2 amide bonds. The summed E-state index contributed by atoms with van der Waals surface area (Å²) in [5, 5.41) is 2.67. The van der Waals surface area contributed by atoms with E-state index in [9.17, 15) is 22.8 Å². The maximum absolute atomic E-state index is 13.6. The molecule has 0 bridgehead atoms. The Hall–Kier alpha value is -3.01. The zero-order valence-electron chi connectivity index (χ0n) is 22.3. The summed E-state index contributed by atoms with van der Waals surface area (Å²) in [5.41, 5.74) is -0.770. The van der Waals surface area contributed by atoms with Gasteiger partial charge in [-0.1, -0.05) is 6.92 Å². The summed E-state index contributed by atoms with van der Waals surface area (Å²) < 4.78 is 51.9. The average molecular weight is 548 g/mol. The second-order valence-corrected chi connectivity index (χ2v) is 11.2. The number of benzene rings is 1. The minimum atomic E-state index is -4.56. The summed E-state index contributed by atoms with van der Waals surface area (Å²) in [4.78, 5) is 30.3. The van der Waals surface area contributed by atoms with Crippen LogP contribution in [0, 0.1) is 5.41 Å². The standard InChI is InChI=1S/C29H36F3N3O4/c1-28(27(37)35-13-3-2-4-14-35)11-15-34(16-12-28)23-6-5-21(29(30,31)32)19-22(23)33-26(36)25-8-7-24(39-25)20-9-17-38-18-10-20/h5-8,19-20H,2-4,9-18H2,1H3,(H,33,36). The Bertz CT molecular complexity index is 1170. The van der Waals surface area contributed by atoms with Gasteiger partial charge in [0.05, 0.1) is 16.9 Å². The number of rotatable bonds is 5. The number of nitrogens with one attached hydrogen (secondary N) is 1. The Labute approximate surface area is 226 Å². The third-order valence-corrected chi connectivity index (χ3v) is 8.41. The van der Waals surface area contributed by atoms with Crippen molar-refractivity contribution in [1.29, 1.82) is 0 Å². The van der Waals surface area contributed by atoms with Crippen molar-refractivity contribution in [2.45, 2.75) is 64.0 Å². The van der Waals surface area contributed by atoms with Crippen LogP contribution in [0.1, 0.15) is 79.7 Å². The molecule has 10 heteroatoms. The zero-order valence-corrected chi connectivity index (χ0v) is 22.3. The molecule has 0 saturated carbocycles. The molecule has 4 heterocycles. The van der Waals surface area contributed by atoms with Gasteiger partial charge in [0.1, 0.15) is 5.76 Å². The van der Waals surface area contributed by atoms with Crippen LogP contribution in [0.15, 0.2) is 34.7 Å². The predicted molar refractivity (Wildman–Crippen MR) is 141 cm³/mol. The number of hydrogen-bond donors (Lipinski definition) is 1. The predicted octanol–water partition coefficient (Wildman–Crippen LogP) is 6.06. The van der Waals surface area contributed by atoms with Gasteiger partial charge >= 0.3 is 6.18 Å². The number of halogens is 3. The van der Waals surface area contributed by atoms with Gasteiger partial charge in [-0.2, -0.15) is 13.2 Å². The molecule has 0 radical (unpaired) electrons. The lowest BCUT2D eigenvalue weighted by atomic mass is 9.78. The topological polar surface area (TPSA) is 75.0 Å². The van der Waals surface area contributed by atoms with E-state index in [4.69, 9.17) is 9.15 Å². The van der Waals surface area contributed by atoms with Crippen LogP contribution in [0.4, 0.5) is 24.5 Å². The number of nitrogens with zero attached hydrogens (tertiary/aromatic N) is 2. The fraction of sp³-hybridized carbons (Fsp3) is 0.586. The molecule has 3 aliphatic rings. The first kappa shape index (κ1) is 27.6. The largest absolute Gasteiger partial charge is 0.456 e. The Kier molecular flexibility index (Phi) is 7.94. The fourth-order valence-electron chi connectivity index (χ4n) is 5.88. The molecule has 5 rings (SSSR count). The van der Waals surface area contributed by atoms with Gasteiger partial charge in [0.25, 0.3) is 5.91 Å². The molecule has 1 N–H and O–H groups in total. The van der Waals surface area contributed by atoms with Crippen LogP contribution in [0.25, 0.3) is 0 Å². The van der Waals surface area contributed by atoms with E-state index >= 15 is 0 Å². The monoisotopic (exact) mass is 547 g/mol. The van der Waals surface area contributed by atoms with Crippen LogP contribution in [0.3, 0.4) is 0 Å². The molecule has 39 heavy (non-hydrogen) atoms. The first-order valence-corrected chi connectivity index (χ1v) is 13.9. The van der Waals surface area contributed by atoms with Crippen LogP contribution < -0.4 is 10.2 Å². The molecule has 3 aliphatic heterocycles. The van der Waals surface area contributed by atoms with Gasteiger partial charge < -0.3 is 24.3 Å². The molecule has 212 valence electrons. The number of carbonyl (C=O) groups excluding carboxylic acids is 2. The van der Waals surface area contributed by atoms with Crippen molar-refractivity contribution in [1.82, 2.24) is 4.90 Å². The lowest BCUT2D eigenvalue weighted by Gasteiger charge is -2.43. The average Bonchev–Trinajstić information content (AvgIpc) is 3.44. The number of likely N-dealkylation sites (tertiary alicyclic amines) is 1. The van der Waals surface area contributed by atoms with Crippen molar-refractivity contribution in [3.8, 4) is 0 Å². The number of carbonyl (C=O) groups is 2. The second-order valence-electron chi connectivity index (χ2n) is 11.2. The SMILES string of the molecule is CC1(C(=O)N2CCCCC2)CCN(c2ccc(C(F)(F)F)cc2NC(=O)c2ccc(C3CCOCC3)o2)CC1. The molecular weight excluding hydrogens is 511 g/mol. The van der Waals surface area contributed by atoms with E-state index in [0.717, 1.165) is 57.3 Å². The normalized spacial score (nSPS) is 20.6. The van der Waals surface area contributed by atoms with Crippen molar-refractivity contribution in [2.24, 2.45) is 5.41 Å². The van der Waals surface area contributed by atoms with E-state index in [-0.39, 0.29) is 23.3 Å². The molecule has 7 nitrogen and oxygen atoms in total. The second kappa shape index (κ2) is 11.2. The van der Waals surface area contributed by atoms with Crippen molar-refractivity contribution in [3.63, 3.8) is 0 Å². The third kappa shape index (κ3) is 6.10. The van der Waals surface area contributed by atoms with E-state index in [2.05, 4.69) is 5.32 Å². The minimum Gasteiger partial charge on any atom is -0.456 e. The van der Waals surface area contributed by atoms with Gasteiger partial charge in [-0.05, 0) is 75.3 Å². The van der Waals surface area contributed by atoms with E-state index in [1.54, 1.807) is 12.1 Å². The van der Waals surface area contributed by atoms with Crippen molar-refractivity contribution in [2.75, 3.05) is 49.6 Å². The van der Waals surface area contributed by atoms with E-state index in [1.165, 1.54) is 6.07 Å². The number of amides is 2. The number of furan rings is 1. The highest BCUT2D eigenvalue weighted by atomic mass is 19.4. The van der Waals surface area contributed by atoms with Gasteiger partial charge in [0, 0.05) is 50.7 Å². The van der Waals surface area contributed by atoms with Gasteiger partial charge in [-0.3, -0.25) is 9.59 Å². The smallest absolute Gasteiger partial charge is 0.416 e. The van der Waals surface area contributed by atoms with Crippen LogP contribution in [-0.4, -0.2) is 56.1 Å². The summed E-state index contributed by atoms with van der Waals surface area (Å²) in [6.45, 7) is 5.81. The number of hydrogen-bond acceptors (Lipinski definition) is 5. The summed E-state index contributed by atoms with van der Waals surface area (Å²) in [5.74, 6) is 0.455. The van der Waals surface area contributed by atoms with Crippen molar-refractivity contribution >= 4 is 23.2 Å². The van der Waals surface area contributed by atoms with E-state index in [1.807, 2.05) is 16.7 Å². The Morgan fingerprint density at radius 3 is 2.33 bits per heavy atom. The lowest BCUT2D eigenvalue weighted by Crippen LogP contribution is -2.50. The first-order chi connectivity index (χ1) is 18.6. The Balaban J connectivity index is 1.32. The van der Waals surface area contributed by atoms with Crippen LogP contribution in [0.5, 0.6) is 0 Å². The number of piperidine rings is 2. The Morgan fingerprint density at radius 1 is 0.974 bits per heavy atom. The lowest BCUT2D eigenvalue weighted by molar-refractivity contribution is -0.143. The molecule has 0 unspecified atom stereocenters. The number of ether oxygens (including phenoxy) is 1. The van der Waals surface area contributed by atoms with E-state index < -0.39 is 23.1 Å². The molecule has 2 aromatic rings. The first-order valence-electron chi connectivity index (χ1n) is 13.9. The summed E-state index contributed by atoms with van der Waals surface area (Å²) >= 11 is 0. The molecular formula is C29H36F3N3O4. The van der Waals surface area contributed by atoms with Crippen LogP contribution >= 0.6 is 0 Å². The minimum absolute atomic E-state index is 0.0539. The highest BCUT2D eigenvalue weighted by Crippen LogP contribution is 2.40. The summed E-state index contributed by atoms with van der Waals surface area (Å²) in [7, 11) is 0. The van der Waals surface area contributed by atoms with Crippen LogP contribution in [0.2, 0.25) is 0 Å². The fourth-order valence-corrected chi connectivity index (χ4v) is 5.88. The number of anilines is 2. The molecule has 3 fully saturated rings. The molecule has 0 spiro atoms. The van der Waals surface area contributed by atoms with E-state index in [0.29, 0.717) is 50.6 Å². The molecule has 1 aromatic heterocycles. The zero-order chi connectivity index (χ0) is 27.6. The third-order valence-electron chi connectivity index (χ3n) is 8.41. The molecule has 1 aromatic carbocycles. The van der Waals surface area contributed by atoms with Crippen LogP contribution in [-0.2, 0) is 15.7 Å².